The van der Waals surface area contributed by atoms with Crippen LogP contribution in [0.2, 0.25) is 5.02 Å². The maximum absolute atomic E-state index is 6.39. The molecule has 0 amide bonds. The quantitative estimate of drug-likeness (QED) is 0.157. The highest BCUT2D eigenvalue weighted by atomic mass is 35.5. The second-order valence-electron chi connectivity index (χ2n) is 19.6. The zero-order valence-electron chi connectivity index (χ0n) is 40.5. The first kappa shape index (κ1) is 44.9. The fourth-order valence-electron chi connectivity index (χ4n) is 10.1. The maximum Gasteiger partial charge on any atom is 0.494 e. The highest BCUT2D eigenvalue weighted by Gasteiger charge is 2.51. The number of rotatable bonds is 5. The maximum atomic E-state index is 6.39. The van der Waals surface area contributed by atoms with Gasteiger partial charge in [0.2, 0.25) is 0 Å². The van der Waals surface area contributed by atoms with Gasteiger partial charge in [-0.3, -0.25) is 0 Å². The van der Waals surface area contributed by atoms with Gasteiger partial charge in [0.15, 0.2) is 11.6 Å². The van der Waals surface area contributed by atoms with Crippen molar-refractivity contribution in [3.8, 4) is 45.3 Å². The van der Waals surface area contributed by atoms with Gasteiger partial charge in [-0.25, -0.2) is 19.9 Å². The van der Waals surface area contributed by atoms with E-state index in [0.717, 1.165) is 124 Å². The number of nitrogens with zero attached hydrogens (tertiary/aromatic N) is 4. The van der Waals surface area contributed by atoms with E-state index in [1.54, 1.807) is 22.7 Å². The molecular weight excluding hydrogens is 975 g/mol. The number of hydrogen-bond donors (Lipinski definition) is 0. The largest absolute Gasteiger partial charge is 0.494 e. The van der Waals surface area contributed by atoms with Crippen LogP contribution in [0.3, 0.4) is 0 Å². The number of fused-ring (bicyclic) bond motifs is 12. The summed E-state index contributed by atoms with van der Waals surface area (Å²) in [7, 11) is -0.446. The lowest BCUT2D eigenvalue weighted by atomic mass is 9.78. The minimum absolute atomic E-state index is 0.412. The monoisotopic (exact) mass is 1020 g/mol. The van der Waals surface area contributed by atoms with Crippen LogP contribution in [0.15, 0.2) is 191 Å². The van der Waals surface area contributed by atoms with Gasteiger partial charge in [0.05, 0.1) is 54.2 Å². The number of benzene rings is 8. The number of furan rings is 2. The molecule has 7 heterocycles. The zero-order valence-corrected chi connectivity index (χ0v) is 42.9. The fourth-order valence-corrected chi connectivity index (χ4v) is 12.5. The van der Waals surface area contributed by atoms with Crippen molar-refractivity contribution >= 4 is 131 Å². The summed E-state index contributed by atoms with van der Waals surface area (Å²) in [5.41, 5.74) is 11.0. The van der Waals surface area contributed by atoms with Crippen LogP contribution in [0.1, 0.15) is 27.7 Å². The molecule has 0 unspecified atom stereocenters. The van der Waals surface area contributed by atoms with Gasteiger partial charge in [0.25, 0.3) is 0 Å². The Labute approximate surface area is 438 Å². The normalized spacial score (nSPS) is 14.4. The second-order valence-corrected chi connectivity index (χ2v) is 22.2. The van der Waals surface area contributed by atoms with Gasteiger partial charge in [-0.15, -0.1) is 22.7 Å². The summed E-state index contributed by atoms with van der Waals surface area (Å²) in [5, 5.41) is 7.10. The summed E-state index contributed by atoms with van der Waals surface area (Å²) >= 11 is 9.77. The van der Waals surface area contributed by atoms with Crippen molar-refractivity contribution in [2.75, 3.05) is 0 Å². The van der Waals surface area contributed by atoms with Crippen LogP contribution in [0, 0.1) is 0 Å². The van der Waals surface area contributed by atoms with Crippen molar-refractivity contribution in [3.63, 3.8) is 0 Å². The molecule has 1 saturated heterocycles. The molecule has 74 heavy (non-hydrogen) atoms. The van der Waals surface area contributed by atoms with Crippen molar-refractivity contribution in [3.05, 3.63) is 187 Å². The first-order valence-corrected chi connectivity index (χ1v) is 26.5. The van der Waals surface area contributed by atoms with Gasteiger partial charge >= 0.3 is 7.12 Å². The van der Waals surface area contributed by atoms with E-state index in [2.05, 4.69) is 107 Å². The molecule has 0 spiro atoms. The molecule has 0 saturated carbocycles. The second kappa shape index (κ2) is 17.2. The van der Waals surface area contributed by atoms with Crippen LogP contribution < -0.4 is 5.46 Å². The number of halogens is 1. The Hall–Kier alpha value is -7.77. The van der Waals surface area contributed by atoms with E-state index < -0.39 is 18.3 Å². The van der Waals surface area contributed by atoms with Crippen molar-refractivity contribution in [1.29, 1.82) is 0 Å². The van der Waals surface area contributed by atoms with E-state index in [-0.39, 0.29) is 0 Å². The first-order valence-electron chi connectivity index (χ1n) is 24.5. The van der Waals surface area contributed by atoms with Crippen molar-refractivity contribution in [1.82, 2.24) is 19.9 Å². The van der Waals surface area contributed by atoms with Crippen molar-refractivity contribution < 1.29 is 18.1 Å². The standard InChI is InChI=1S/C34H27BN2O3S.C28H15ClN2OS/c1-33(2)34(3,4)40-35(39-33)21-17-18-27-25(19-21)29-31(41-27)28(20-11-6-5-7-12-20)36-32(37-29)24-15-10-14-23-22-13-8-9-16-26(22)38-30(23)24;29-17-13-14-23-21(15-17)25-27(33-23)24(16-7-2-1-3-8-16)30-28(31-25)20-11-6-10-19-18-9-4-5-12-22(18)32-26(19)20/h5-19H,1-4H3;1-15H. The topological polar surface area (TPSA) is 96.3 Å². The lowest BCUT2D eigenvalue weighted by molar-refractivity contribution is 0.00578. The van der Waals surface area contributed by atoms with Gasteiger partial charge in [-0.1, -0.05) is 145 Å². The molecule has 0 bridgehead atoms. The molecule has 356 valence electrons. The molecule has 0 radical (unpaired) electrons. The number of hydrogen-bond acceptors (Lipinski definition) is 10. The Balaban J connectivity index is 0.000000140. The molecule has 1 aliphatic rings. The van der Waals surface area contributed by atoms with Crippen molar-refractivity contribution in [2.45, 2.75) is 38.9 Å². The summed E-state index contributed by atoms with van der Waals surface area (Å²) in [6.07, 6.45) is 0. The van der Waals surface area contributed by atoms with Gasteiger partial charge in [0.1, 0.15) is 22.3 Å². The lowest BCUT2D eigenvalue weighted by Crippen LogP contribution is -2.41. The van der Waals surface area contributed by atoms with Crippen LogP contribution in [-0.2, 0) is 9.31 Å². The summed E-state index contributed by atoms with van der Waals surface area (Å²) in [5.74, 6) is 1.28. The predicted octanol–water partition coefficient (Wildman–Crippen LogP) is 17.1. The van der Waals surface area contributed by atoms with Crippen LogP contribution in [-0.4, -0.2) is 38.3 Å². The molecule has 12 heteroatoms. The Morgan fingerprint density at radius 1 is 0.432 bits per heavy atom. The Kier molecular flexibility index (Phi) is 10.4. The van der Waals surface area contributed by atoms with E-state index in [0.29, 0.717) is 16.7 Å². The molecule has 8 aromatic carbocycles. The molecule has 0 N–H and O–H groups in total. The minimum atomic E-state index is -0.446. The average Bonchev–Trinajstić information content (AvgIpc) is 4.24. The molecule has 6 aromatic heterocycles. The molecule has 1 fully saturated rings. The van der Waals surface area contributed by atoms with E-state index in [1.165, 1.54) is 0 Å². The highest BCUT2D eigenvalue weighted by molar-refractivity contribution is 7.26. The number of para-hydroxylation sites is 4. The van der Waals surface area contributed by atoms with Gasteiger partial charge in [-0.05, 0) is 81.7 Å². The zero-order chi connectivity index (χ0) is 49.9. The Morgan fingerprint density at radius 3 is 1.39 bits per heavy atom. The molecule has 8 nitrogen and oxygen atoms in total. The fraction of sp³-hybridized carbons (Fsp3) is 0.0968. The number of thiophene rings is 2. The molecule has 0 aliphatic carbocycles. The molecule has 14 aromatic rings. The Morgan fingerprint density at radius 2 is 0.878 bits per heavy atom. The van der Waals surface area contributed by atoms with E-state index in [1.807, 2.05) is 103 Å². The smallest absolute Gasteiger partial charge is 0.455 e. The molecule has 15 rings (SSSR count). The average molecular weight is 1020 g/mol. The third-order valence-corrected chi connectivity index (χ3v) is 17.1. The third kappa shape index (κ3) is 7.33. The molecule has 0 atom stereocenters. The summed E-state index contributed by atoms with van der Waals surface area (Å²) in [6, 6.07) is 61.5. The van der Waals surface area contributed by atoms with Gasteiger partial charge in [-0.2, -0.15) is 0 Å². The van der Waals surface area contributed by atoms with E-state index in [4.69, 9.17) is 49.7 Å². The Bertz CT molecular complexity index is 4530. The summed E-state index contributed by atoms with van der Waals surface area (Å²) in [4.78, 5) is 20.6. The van der Waals surface area contributed by atoms with E-state index >= 15 is 0 Å². The summed E-state index contributed by atoms with van der Waals surface area (Å²) in [6.45, 7) is 8.32. The third-order valence-electron chi connectivity index (χ3n) is 14.5. The summed E-state index contributed by atoms with van der Waals surface area (Å²) < 4.78 is 29.8. The van der Waals surface area contributed by atoms with Crippen LogP contribution in [0.25, 0.3) is 130 Å². The lowest BCUT2D eigenvalue weighted by Gasteiger charge is -2.32. The minimum Gasteiger partial charge on any atom is -0.455 e. The van der Waals surface area contributed by atoms with Crippen molar-refractivity contribution in [2.24, 2.45) is 0 Å². The predicted molar refractivity (Wildman–Crippen MR) is 307 cm³/mol. The van der Waals surface area contributed by atoms with Crippen LogP contribution in [0.5, 0.6) is 0 Å². The van der Waals surface area contributed by atoms with Gasteiger partial charge in [0, 0.05) is 57.9 Å². The first-order chi connectivity index (χ1) is 36.0. The van der Waals surface area contributed by atoms with Crippen LogP contribution in [0.4, 0.5) is 0 Å². The van der Waals surface area contributed by atoms with Gasteiger partial charge < -0.3 is 18.1 Å². The van der Waals surface area contributed by atoms with E-state index in [9.17, 15) is 0 Å². The highest BCUT2D eigenvalue weighted by Crippen LogP contribution is 2.44. The number of aromatic nitrogens is 4. The molecule has 1 aliphatic heterocycles. The SMILES string of the molecule is CC1(C)OB(c2ccc3sc4c(-c5ccccc5)nc(-c5cccc6c5oc5ccccc56)nc4c3c2)OC1(C)C.Clc1ccc2sc3c(-c4ccccc4)nc(-c4cccc5c4oc4ccccc45)nc3c2c1. The van der Waals surface area contributed by atoms with Crippen LogP contribution >= 0.6 is 34.3 Å². The molecular formula is C62H42BClN4O4S2.